The fraction of sp³-hybridized carbons (Fsp3) is 0.154. The van der Waals surface area contributed by atoms with E-state index in [0.717, 1.165) is 5.56 Å². The highest BCUT2D eigenvalue weighted by atomic mass is 16.5. The van der Waals surface area contributed by atoms with Gasteiger partial charge in [0.2, 0.25) is 0 Å². The maximum atomic E-state index is 11.4. The molecule has 0 saturated carbocycles. The van der Waals surface area contributed by atoms with Gasteiger partial charge in [-0.15, -0.1) is 6.58 Å². The molecule has 1 aromatic rings. The van der Waals surface area contributed by atoms with Crippen LogP contribution in [0.25, 0.3) is 6.08 Å². The average molecular weight is 202 g/mol. The zero-order valence-corrected chi connectivity index (χ0v) is 8.77. The molecule has 0 bridgehead atoms. The number of benzene rings is 1. The van der Waals surface area contributed by atoms with Gasteiger partial charge in [-0.3, -0.25) is 0 Å². The van der Waals surface area contributed by atoms with E-state index in [1.165, 1.54) is 7.11 Å². The van der Waals surface area contributed by atoms with Crippen molar-refractivity contribution in [3.8, 4) is 0 Å². The number of allylic oxidation sites excluding steroid dienone is 1. The summed E-state index contributed by atoms with van der Waals surface area (Å²) in [5.41, 5.74) is 1.60. The van der Waals surface area contributed by atoms with Gasteiger partial charge in [-0.25, -0.2) is 4.79 Å². The predicted octanol–water partition coefficient (Wildman–Crippen LogP) is 2.82. The Hall–Kier alpha value is -1.83. The molecule has 78 valence electrons. The Labute approximate surface area is 89.9 Å². The largest absolute Gasteiger partial charge is 0.466 e. The van der Waals surface area contributed by atoms with Gasteiger partial charge in [0, 0.05) is 5.57 Å². The molecule has 0 aliphatic heterocycles. The second-order valence-corrected chi connectivity index (χ2v) is 3.06. The molecule has 1 rings (SSSR count). The number of ether oxygens (including phenoxy) is 1. The van der Waals surface area contributed by atoms with E-state index >= 15 is 0 Å². The molecule has 0 aliphatic rings. The van der Waals surface area contributed by atoms with E-state index in [0.29, 0.717) is 12.0 Å². The van der Waals surface area contributed by atoms with Crippen LogP contribution in [0.1, 0.15) is 12.0 Å². The molecule has 0 amide bonds. The Bertz CT molecular complexity index is 363. The Kier molecular flexibility index (Phi) is 4.35. The Morgan fingerprint density at radius 3 is 2.60 bits per heavy atom. The van der Waals surface area contributed by atoms with Crippen molar-refractivity contribution in [1.29, 1.82) is 0 Å². The summed E-state index contributed by atoms with van der Waals surface area (Å²) in [6, 6.07) is 9.66. The highest BCUT2D eigenvalue weighted by Gasteiger charge is 2.06. The van der Waals surface area contributed by atoms with Crippen LogP contribution in [0.5, 0.6) is 0 Å². The standard InChI is InChI=1S/C13H14O2/c1-3-7-12(13(14)15-2)10-11-8-5-4-6-9-11/h3-6,8-10H,1,7H2,2H3/b12-10-. The van der Waals surface area contributed by atoms with Gasteiger partial charge in [0.05, 0.1) is 7.11 Å². The second kappa shape index (κ2) is 5.81. The Morgan fingerprint density at radius 2 is 2.07 bits per heavy atom. The Morgan fingerprint density at radius 1 is 1.40 bits per heavy atom. The van der Waals surface area contributed by atoms with Gasteiger partial charge in [0.15, 0.2) is 0 Å². The SMILES string of the molecule is C=CC/C(=C/c1ccccc1)C(=O)OC. The maximum Gasteiger partial charge on any atom is 0.334 e. The van der Waals surface area contributed by atoms with Crippen molar-refractivity contribution in [2.75, 3.05) is 7.11 Å². The molecule has 0 aromatic heterocycles. The summed E-state index contributed by atoms with van der Waals surface area (Å²) in [5.74, 6) is -0.307. The van der Waals surface area contributed by atoms with Crippen LogP contribution in [0.2, 0.25) is 0 Å². The first-order valence-corrected chi connectivity index (χ1v) is 4.72. The summed E-state index contributed by atoms with van der Waals surface area (Å²) in [6.07, 6.45) is 4.01. The van der Waals surface area contributed by atoms with E-state index in [1.807, 2.05) is 36.4 Å². The van der Waals surface area contributed by atoms with E-state index in [2.05, 4.69) is 11.3 Å². The molecule has 0 spiro atoms. The maximum absolute atomic E-state index is 11.4. The first kappa shape index (κ1) is 11.2. The first-order chi connectivity index (χ1) is 7.27. The zero-order chi connectivity index (χ0) is 11.1. The summed E-state index contributed by atoms with van der Waals surface area (Å²) in [7, 11) is 1.38. The molecule has 0 unspecified atom stereocenters. The van der Waals surface area contributed by atoms with Crippen LogP contribution < -0.4 is 0 Å². The lowest BCUT2D eigenvalue weighted by Crippen LogP contribution is -2.03. The third-order valence-electron chi connectivity index (χ3n) is 1.95. The highest BCUT2D eigenvalue weighted by Crippen LogP contribution is 2.11. The van der Waals surface area contributed by atoms with Crippen molar-refractivity contribution >= 4 is 12.0 Å². The van der Waals surface area contributed by atoms with Gasteiger partial charge in [-0.1, -0.05) is 36.4 Å². The third kappa shape index (κ3) is 3.43. The van der Waals surface area contributed by atoms with Crippen LogP contribution in [0, 0.1) is 0 Å². The van der Waals surface area contributed by atoms with Crippen molar-refractivity contribution in [1.82, 2.24) is 0 Å². The summed E-state index contributed by atoms with van der Waals surface area (Å²) in [4.78, 5) is 11.4. The predicted molar refractivity (Wildman–Crippen MR) is 61.2 cm³/mol. The fourth-order valence-electron chi connectivity index (χ4n) is 1.24. The molecule has 0 heterocycles. The summed E-state index contributed by atoms with van der Waals surface area (Å²) in [5, 5.41) is 0. The lowest BCUT2D eigenvalue weighted by molar-refractivity contribution is -0.136. The minimum Gasteiger partial charge on any atom is -0.466 e. The van der Waals surface area contributed by atoms with E-state index in [-0.39, 0.29) is 5.97 Å². The lowest BCUT2D eigenvalue weighted by Gasteiger charge is -2.02. The molecule has 0 fully saturated rings. The Balaban J connectivity index is 2.93. The van der Waals surface area contributed by atoms with Gasteiger partial charge < -0.3 is 4.74 Å². The minimum absolute atomic E-state index is 0.307. The molecular formula is C13H14O2. The van der Waals surface area contributed by atoms with E-state index < -0.39 is 0 Å². The zero-order valence-electron chi connectivity index (χ0n) is 8.77. The first-order valence-electron chi connectivity index (χ1n) is 4.72. The number of carbonyl (C=O) groups is 1. The van der Waals surface area contributed by atoms with Crippen molar-refractivity contribution in [2.45, 2.75) is 6.42 Å². The number of rotatable bonds is 4. The quantitative estimate of drug-likeness (QED) is 0.426. The fourth-order valence-corrected chi connectivity index (χ4v) is 1.24. The number of methoxy groups -OCH3 is 1. The monoisotopic (exact) mass is 202 g/mol. The van der Waals surface area contributed by atoms with Gasteiger partial charge >= 0.3 is 5.97 Å². The summed E-state index contributed by atoms with van der Waals surface area (Å²) in [6.45, 7) is 3.61. The number of hydrogen-bond acceptors (Lipinski definition) is 2. The van der Waals surface area contributed by atoms with Crippen LogP contribution in [-0.2, 0) is 9.53 Å². The summed E-state index contributed by atoms with van der Waals surface area (Å²) < 4.78 is 4.68. The van der Waals surface area contributed by atoms with Crippen molar-refractivity contribution in [2.24, 2.45) is 0 Å². The van der Waals surface area contributed by atoms with E-state index in [4.69, 9.17) is 0 Å². The van der Waals surface area contributed by atoms with Crippen LogP contribution in [0.4, 0.5) is 0 Å². The lowest BCUT2D eigenvalue weighted by atomic mass is 10.1. The molecule has 2 heteroatoms. The normalized spacial score (nSPS) is 10.9. The van der Waals surface area contributed by atoms with Gasteiger partial charge in [-0.2, -0.15) is 0 Å². The summed E-state index contributed by atoms with van der Waals surface area (Å²) >= 11 is 0. The molecule has 2 nitrogen and oxygen atoms in total. The van der Waals surface area contributed by atoms with Gasteiger partial charge in [0.25, 0.3) is 0 Å². The molecule has 0 atom stereocenters. The molecule has 0 saturated heterocycles. The van der Waals surface area contributed by atoms with Crippen LogP contribution in [0.3, 0.4) is 0 Å². The van der Waals surface area contributed by atoms with Gasteiger partial charge in [0.1, 0.15) is 0 Å². The molecule has 0 N–H and O–H groups in total. The van der Waals surface area contributed by atoms with Gasteiger partial charge in [-0.05, 0) is 18.1 Å². The molecule has 15 heavy (non-hydrogen) atoms. The van der Waals surface area contributed by atoms with Crippen LogP contribution in [0.15, 0.2) is 48.6 Å². The van der Waals surface area contributed by atoms with Crippen LogP contribution in [-0.4, -0.2) is 13.1 Å². The van der Waals surface area contributed by atoms with Crippen molar-refractivity contribution in [3.63, 3.8) is 0 Å². The van der Waals surface area contributed by atoms with E-state index in [1.54, 1.807) is 6.08 Å². The van der Waals surface area contributed by atoms with Crippen molar-refractivity contribution < 1.29 is 9.53 Å². The molecular weight excluding hydrogens is 188 g/mol. The molecule has 0 aliphatic carbocycles. The average Bonchev–Trinajstić information content (AvgIpc) is 2.29. The topological polar surface area (TPSA) is 26.3 Å². The third-order valence-corrected chi connectivity index (χ3v) is 1.95. The highest BCUT2D eigenvalue weighted by molar-refractivity contribution is 5.93. The minimum atomic E-state index is -0.307. The van der Waals surface area contributed by atoms with Crippen LogP contribution >= 0.6 is 0 Å². The second-order valence-electron chi connectivity index (χ2n) is 3.06. The molecule has 0 radical (unpaired) electrons. The number of carbonyl (C=O) groups excluding carboxylic acids is 1. The van der Waals surface area contributed by atoms with E-state index in [9.17, 15) is 4.79 Å². The van der Waals surface area contributed by atoms with Crippen molar-refractivity contribution in [3.05, 3.63) is 54.1 Å². The number of hydrogen-bond donors (Lipinski definition) is 0. The molecule has 1 aromatic carbocycles. The smallest absolute Gasteiger partial charge is 0.334 e. The number of esters is 1.